The Bertz CT molecular complexity index is 662. The highest BCUT2D eigenvalue weighted by molar-refractivity contribution is 6.42. The lowest BCUT2D eigenvalue weighted by molar-refractivity contribution is -0.0319. The number of halogens is 2. The molecule has 1 heterocycles. The van der Waals surface area contributed by atoms with Crippen LogP contribution in [0.3, 0.4) is 0 Å². The van der Waals surface area contributed by atoms with Crippen LogP contribution in [0.5, 0.6) is 0 Å². The van der Waals surface area contributed by atoms with E-state index in [1.165, 1.54) is 0 Å². The van der Waals surface area contributed by atoms with Gasteiger partial charge in [0, 0.05) is 36.2 Å². The van der Waals surface area contributed by atoms with Crippen molar-refractivity contribution in [3.63, 3.8) is 0 Å². The molecule has 0 amide bonds. The van der Waals surface area contributed by atoms with Crippen LogP contribution in [0.2, 0.25) is 10.0 Å². The number of hydrogen-bond donors (Lipinski definition) is 2. The summed E-state index contributed by atoms with van der Waals surface area (Å²) in [6, 6.07) is 12.8. The van der Waals surface area contributed by atoms with E-state index in [1.807, 2.05) is 24.3 Å². The normalized spacial score (nSPS) is 25.3. The second-order valence-electron chi connectivity index (χ2n) is 5.05. The molecule has 0 aromatic heterocycles. The lowest BCUT2D eigenvalue weighted by Gasteiger charge is -2.36. The van der Waals surface area contributed by atoms with E-state index >= 15 is 0 Å². The highest BCUT2D eigenvalue weighted by Gasteiger charge is 2.40. The van der Waals surface area contributed by atoms with Crippen LogP contribution in [0, 0.1) is 0 Å². The fourth-order valence-corrected chi connectivity index (χ4v) is 3.02. The number of rotatable bonds is 1. The lowest BCUT2D eigenvalue weighted by Crippen LogP contribution is -2.46. The molecular formula is C15H15Cl2N2O+. The van der Waals surface area contributed by atoms with Crippen molar-refractivity contribution in [2.75, 3.05) is 6.54 Å². The molecule has 3 N–H and O–H groups in total. The van der Waals surface area contributed by atoms with Gasteiger partial charge in [-0.25, -0.2) is 5.21 Å². The molecule has 0 saturated heterocycles. The summed E-state index contributed by atoms with van der Waals surface area (Å²) in [5.41, 5.74) is 8.59. The number of fused-ring (bicyclic) bond motifs is 1. The Balaban J connectivity index is 2.17. The van der Waals surface area contributed by atoms with Crippen LogP contribution in [0.15, 0.2) is 42.5 Å². The molecule has 0 fully saturated rings. The van der Waals surface area contributed by atoms with E-state index in [0.717, 1.165) is 11.3 Å². The number of nitrogens with two attached hydrogens (primary N) is 1. The molecule has 0 aliphatic carbocycles. The number of hydrogen-bond acceptors (Lipinski definition) is 2. The molecule has 3 rings (SSSR count). The minimum Gasteiger partial charge on any atom is -0.324 e. The highest BCUT2D eigenvalue weighted by Crippen LogP contribution is 2.43. The van der Waals surface area contributed by atoms with Gasteiger partial charge in [0.1, 0.15) is 6.54 Å². The molecule has 2 aromatic rings. The van der Waals surface area contributed by atoms with Gasteiger partial charge >= 0.3 is 0 Å². The summed E-state index contributed by atoms with van der Waals surface area (Å²) < 4.78 is -0.291. The maximum atomic E-state index is 11.1. The lowest BCUT2D eigenvalue weighted by atomic mass is 9.96. The first-order chi connectivity index (χ1) is 9.52. The second kappa shape index (κ2) is 5.02. The van der Waals surface area contributed by atoms with Crippen molar-refractivity contribution < 1.29 is 5.21 Å². The molecule has 0 saturated carbocycles. The summed E-state index contributed by atoms with van der Waals surface area (Å²) in [6.45, 7) is 0.510. The molecule has 0 spiro atoms. The summed E-state index contributed by atoms with van der Waals surface area (Å²) >= 11 is 12.0. The second-order valence-corrected chi connectivity index (χ2v) is 5.86. The van der Waals surface area contributed by atoms with Crippen molar-refractivity contribution in [2.45, 2.75) is 12.5 Å². The molecule has 1 aliphatic heterocycles. The predicted molar refractivity (Wildman–Crippen MR) is 82.6 cm³/mol. The Morgan fingerprint density at radius 3 is 2.60 bits per heavy atom. The van der Waals surface area contributed by atoms with Crippen molar-refractivity contribution in [1.29, 1.82) is 0 Å². The molecule has 5 heteroatoms. The summed E-state index contributed by atoms with van der Waals surface area (Å²) in [7, 11) is 0. The molecule has 104 valence electrons. The minimum atomic E-state index is -0.291. The molecule has 20 heavy (non-hydrogen) atoms. The van der Waals surface area contributed by atoms with E-state index in [-0.39, 0.29) is 10.7 Å². The molecule has 0 radical (unpaired) electrons. The van der Waals surface area contributed by atoms with Gasteiger partial charge in [0.25, 0.3) is 0 Å². The van der Waals surface area contributed by atoms with Gasteiger partial charge in [0.15, 0.2) is 11.4 Å². The number of para-hydroxylation sites is 1. The van der Waals surface area contributed by atoms with Crippen molar-refractivity contribution in [3.8, 4) is 0 Å². The molecule has 0 bridgehead atoms. The third kappa shape index (κ3) is 2.12. The topological polar surface area (TPSA) is 46.2 Å². The number of benzene rings is 2. The first-order valence-corrected chi connectivity index (χ1v) is 7.19. The maximum absolute atomic E-state index is 11.1. The number of quaternary nitrogens is 1. The molecular weight excluding hydrogens is 295 g/mol. The number of nitrogens with zero attached hydrogens (tertiary/aromatic N) is 1. The van der Waals surface area contributed by atoms with Crippen LogP contribution < -0.4 is 10.4 Å². The van der Waals surface area contributed by atoms with E-state index in [9.17, 15) is 5.21 Å². The fourth-order valence-electron chi connectivity index (χ4n) is 2.72. The van der Waals surface area contributed by atoms with Crippen LogP contribution >= 0.6 is 23.2 Å². The largest absolute Gasteiger partial charge is 0.324 e. The summed E-state index contributed by atoms with van der Waals surface area (Å²) in [5, 5.41) is 12.0. The van der Waals surface area contributed by atoms with E-state index in [4.69, 9.17) is 28.9 Å². The van der Waals surface area contributed by atoms with Gasteiger partial charge in [-0.05, 0) is 6.07 Å². The van der Waals surface area contributed by atoms with Crippen molar-refractivity contribution in [3.05, 3.63) is 58.1 Å². The standard InChI is InChI=1S/C15H15Cl2N2O/c16-12-6-5-10(9-13(12)17)19(20)8-7-14(18)11-3-1-2-4-15(11)19/h1-6,9,14,20H,7-8,18H2/q+1. The molecule has 2 aromatic carbocycles. The highest BCUT2D eigenvalue weighted by atomic mass is 35.5. The third-order valence-corrected chi connectivity index (χ3v) is 4.57. The van der Waals surface area contributed by atoms with E-state index in [1.54, 1.807) is 18.2 Å². The first-order valence-electron chi connectivity index (χ1n) is 6.44. The van der Waals surface area contributed by atoms with Gasteiger partial charge in [0.05, 0.1) is 10.0 Å². The molecule has 2 unspecified atom stereocenters. The molecule has 3 nitrogen and oxygen atoms in total. The average molecular weight is 310 g/mol. The van der Waals surface area contributed by atoms with Gasteiger partial charge < -0.3 is 5.73 Å². The summed E-state index contributed by atoms with van der Waals surface area (Å²) in [5.74, 6) is 0. The molecule has 2 atom stereocenters. The van der Waals surface area contributed by atoms with Gasteiger partial charge in [-0.2, -0.15) is 0 Å². The maximum Gasteiger partial charge on any atom is 0.175 e. The van der Waals surface area contributed by atoms with Gasteiger partial charge in [-0.15, -0.1) is 4.65 Å². The smallest absolute Gasteiger partial charge is 0.175 e. The van der Waals surface area contributed by atoms with Crippen molar-refractivity contribution in [2.24, 2.45) is 5.73 Å². The van der Waals surface area contributed by atoms with Crippen LogP contribution in [0.4, 0.5) is 11.4 Å². The Morgan fingerprint density at radius 1 is 1.10 bits per heavy atom. The van der Waals surface area contributed by atoms with E-state index in [0.29, 0.717) is 28.7 Å². The Morgan fingerprint density at radius 2 is 1.85 bits per heavy atom. The summed E-state index contributed by atoms with van der Waals surface area (Å²) in [4.78, 5) is 0. The zero-order valence-corrected chi connectivity index (χ0v) is 12.3. The monoisotopic (exact) mass is 309 g/mol. The number of hydroxylamine groups is 1. The zero-order valence-electron chi connectivity index (χ0n) is 10.8. The van der Waals surface area contributed by atoms with E-state index < -0.39 is 0 Å². The quantitative estimate of drug-likeness (QED) is 0.766. The average Bonchev–Trinajstić information content (AvgIpc) is 2.46. The van der Waals surface area contributed by atoms with Gasteiger partial charge in [-0.1, -0.05) is 41.4 Å². The fraction of sp³-hybridized carbons (Fsp3) is 0.200. The van der Waals surface area contributed by atoms with Crippen LogP contribution in [0.1, 0.15) is 18.0 Å². The first kappa shape index (κ1) is 13.9. The van der Waals surface area contributed by atoms with E-state index in [2.05, 4.69) is 0 Å². The van der Waals surface area contributed by atoms with Crippen LogP contribution in [-0.4, -0.2) is 11.8 Å². The van der Waals surface area contributed by atoms with Gasteiger partial charge in [0.2, 0.25) is 0 Å². The molecule has 1 aliphatic rings. The third-order valence-electron chi connectivity index (χ3n) is 3.83. The van der Waals surface area contributed by atoms with Gasteiger partial charge in [-0.3, -0.25) is 0 Å². The van der Waals surface area contributed by atoms with Crippen LogP contribution in [-0.2, 0) is 0 Å². The van der Waals surface area contributed by atoms with Crippen molar-refractivity contribution >= 4 is 34.6 Å². The zero-order chi connectivity index (χ0) is 14.3. The Kier molecular flexibility index (Phi) is 3.48. The SMILES string of the molecule is NC1CC[N+](O)(c2ccc(Cl)c(Cl)c2)c2ccccc21. The minimum absolute atomic E-state index is 0.0487. The Labute approximate surface area is 127 Å². The Hall–Kier alpha value is -1.10. The van der Waals surface area contributed by atoms with Crippen LogP contribution in [0.25, 0.3) is 0 Å². The predicted octanol–water partition coefficient (Wildman–Crippen LogP) is 4.43. The van der Waals surface area contributed by atoms with Crippen molar-refractivity contribution in [1.82, 2.24) is 4.65 Å². The summed E-state index contributed by atoms with van der Waals surface area (Å²) in [6.07, 6.45) is 0.702.